The fraction of sp³-hybridized carbons (Fsp3) is 0.500. The van der Waals surface area contributed by atoms with Gasteiger partial charge in [-0.3, -0.25) is 4.79 Å². The largest absolute Gasteiger partial charge is 0.352 e. The van der Waals surface area contributed by atoms with Crippen LogP contribution in [0.2, 0.25) is 0 Å². The summed E-state index contributed by atoms with van der Waals surface area (Å²) < 4.78 is 0. The highest BCUT2D eigenvalue weighted by atomic mass is 35.5. The molecule has 1 aromatic heterocycles. The van der Waals surface area contributed by atoms with E-state index in [0.29, 0.717) is 0 Å². The third-order valence-electron chi connectivity index (χ3n) is 1.89. The summed E-state index contributed by atoms with van der Waals surface area (Å²) in [5.41, 5.74) is 5.45. The van der Waals surface area contributed by atoms with E-state index in [0.717, 1.165) is 6.42 Å². The molecule has 1 rings (SSSR count). The van der Waals surface area contributed by atoms with Gasteiger partial charge < -0.3 is 11.1 Å². The minimum atomic E-state index is -0.430. The summed E-state index contributed by atoms with van der Waals surface area (Å²) in [7, 11) is 0. The predicted octanol–water partition coefficient (Wildman–Crippen LogP) is 1.56. The Labute approximate surface area is 100 Å². The van der Waals surface area contributed by atoms with Crippen molar-refractivity contribution in [3.8, 4) is 0 Å². The molecule has 0 aromatic carbocycles. The number of carbonyl (C=O) groups excluding carboxylic acids is 1. The second-order valence-electron chi connectivity index (χ2n) is 3.48. The molecule has 1 heterocycles. The average molecular weight is 249 g/mol. The van der Waals surface area contributed by atoms with E-state index in [9.17, 15) is 4.79 Å². The zero-order chi connectivity index (χ0) is 10.6. The van der Waals surface area contributed by atoms with Crippen molar-refractivity contribution < 1.29 is 4.79 Å². The van der Waals surface area contributed by atoms with Gasteiger partial charge in [-0.15, -0.1) is 23.7 Å². The molecular formula is C10H17ClN2OS. The van der Waals surface area contributed by atoms with Crippen molar-refractivity contribution in [3.63, 3.8) is 0 Å². The SMILES string of the molecule is CC(Cc1cccs1)NC(=O)[C@H](C)N.Cl. The summed E-state index contributed by atoms with van der Waals surface area (Å²) in [5, 5.41) is 4.90. The molecule has 0 bridgehead atoms. The first-order chi connectivity index (χ1) is 6.59. The highest BCUT2D eigenvalue weighted by Gasteiger charge is 2.11. The van der Waals surface area contributed by atoms with Gasteiger partial charge in [-0.05, 0) is 25.3 Å². The monoisotopic (exact) mass is 248 g/mol. The van der Waals surface area contributed by atoms with Crippen LogP contribution in [0.5, 0.6) is 0 Å². The van der Waals surface area contributed by atoms with Gasteiger partial charge in [0.15, 0.2) is 0 Å². The lowest BCUT2D eigenvalue weighted by molar-refractivity contribution is -0.122. The number of rotatable bonds is 4. The van der Waals surface area contributed by atoms with Crippen LogP contribution in [-0.4, -0.2) is 18.0 Å². The number of hydrogen-bond acceptors (Lipinski definition) is 3. The van der Waals surface area contributed by atoms with Gasteiger partial charge in [-0.2, -0.15) is 0 Å². The van der Waals surface area contributed by atoms with Crippen LogP contribution < -0.4 is 11.1 Å². The van der Waals surface area contributed by atoms with Gasteiger partial charge >= 0.3 is 0 Å². The molecule has 3 nitrogen and oxygen atoms in total. The van der Waals surface area contributed by atoms with E-state index < -0.39 is 6.04 Å². The molecule has 3 N–H and O–H groups in total. The molecular weight excluding hydrogens is 232 g/mol. The van der Waals surface area contributed by atoms with Gasteiger partial charge in [0.25, 0.3) is 0 Å². The van der Waals surface area contributed by atoms with Crippen molar-refractivity contribution >= 4 is 29.7 Å². The Hall–Kier alpha value is -0.580. The molecule has 2 atom stereocenters. The van der Waals surface area contributed by atoms with Crippen LogP contribution >= 0.6 is 23.7 Å². The minimum absolute atomic E-state index is 0. The third-order valence-corrected chi connectivity index (χ3v) is 2.79. The fourth-order valence-electron chi connectivity index (χ4n) is 1.16. The normalized spacial score (nSPS) is 13.8. The molecule has 0 saturated heterocycles. The lowest BCUT2D eigenvalue weighted by Gasteiger charge is -2.14. The van der Waals surface area contributed by atoms with E-state index in [1.54, 1.807) is 18.3 Å². The predicted molar refractivity (Wildman–Crippen MR) is 66.5 cm³/mol. The number of amides is 1. The molecule has 0 fully saturated rings. The molecule has 0 aliphatic rings. The zero-order valence-electron chi connectivity index (χ0n) is 8.90. The maximum Gasteiger partial charge on any atom is 0.236 e. The molecule has 1 unspecified atom stereocenters. The number of carbonyl (C=O) groups is 1. The van der Waals surface area contributed by atoms with Crippen LogP contribution in [0.1, 0.15) is 18.7 Å². The molecule has 0 aliphatic carbocycles. The van der Waals surface area contributed by atoms with E-state index in [1.165, 1.54) is 4.88 Å². The maximum absolute atomic E-state index is 11.2. The minimum Gasteiger partial charge on any atom is -0.352 e. The highest BCUT2D eigenvalue weighted by molar-refractivity contribution is 7.09. The van der Waals surface area contributed by atoms with Crippen molar-refractivity contribution in [1.82, 2.24) is 5.32 Å². The van der Waals surface area contributed by atoms with Gasteiger partial charge in [0.05, 0.1) is 6.04 Å². The summed E-state index contributed by atoms with van der Waals surface area (Å²) in [6.45, 7) is 3.67. The van der Waals surface area contributed by atoms with Crippen LogP contribution in [0.25, 0.3) is 0 Å². The highest BCUT2D eigenvalue weighted by Crippen LogP contribution is 2.10. The Bertz CT molecular complexity index is 288. The quantitative estimate of drug-likeness (QED) is 0.850. The van der Waals surface area contributed by atoms with Crippen molar-refractivity contribution in [1.29, 1.82) is 0 Å². The molecule has 0 saturated carbocycles. The standard InChI is InChI=1S/C10H16N2OS.ClH/c1-7(12-10(13)8(2)11)6-9-4-3-5-14-9;/h3-5,7-8H,6,11H2,1-2H3,(H,12,13);1H/t7?,8-;/m0./s1. The lowest BCUT2D eigenvalue weighted by atomic mass is 10.2. The Morgan fingerprint density at radius 3 is 2.73 bits per heavy atom. The van der Waals surface area contributed by atoms with Crippen molar-refractivity contribution in [2.45, 2.75) is 32.4 Å². The van der Waals surface area contributed by atoms with Crippen LogP contribution in [0.15, 0.2) is 17.5 Å². The molecule has 86 valence electrons. The summed E-state index contributed by atoms with van der Waals surface area (Å²) >= 11 is 1.70. The smallest absolute Gasteiger partial charge is 0.236 e. The van der Waals surface area contributed by atoms with Gasteiger partial charge in [0.2, 0.25) is 5.91 Å². The zero-order valence-corrected chi connectivity index (χ0v) is 10.5. The average Bonchev–Trinajstić information content (AvgIpc) is 2.56. The van der Waals surface area contributed by atoms with Gasteiger partial charge in [0.1, 0.15) is 0 Å². The van der Waals surface area contributed by atoms with Gasteiger partial charge in [-0.1, -0.05) is 6.07 Å². The Balaban J connectivity index is 0.00000196. The van der Waals surface area contributed by atoms with Crippen LogP contribution in [-0.2, 0) is 11.2 Å². The van der Waals surface area contributed by atoms with Crippen molar-refractivity contribution in [3.05, 3.63) is 22.4 Å². The fourth-order valence-corrected chi connectivity index (χ4v) is 1.99. The number of nitrogens with one attached hydrogen (secondary N) is 1. The third kappa shape index (κ3) is 5.16. The van der Waals surface area contributed by atoms with E-state index in [-0.39, 0.29) is 24.4 Å². The van der Waals surface area contributed by atoms with Crippen LogP contribution in [0.4, 0.5) is 0 Å². The molecule has 15 heavy (non-hydrogen) atoms. The van der Waals surface area contributed by atoms with Crippen LogP contribution in [0, 0.1) is 0 Å². The van der Waals surface area contributed by atoms with E-state index in [4.69, 9.17) is 5.73 Å². The maximum atomic E-state index is 11.2. The molecule has 1 amide bonds. The summed E-state index contributed by atoms with van der Waals surface area (Å²) in [6.07, 6.45) is 0.871. The first-order valence-corrected chi connectivity index (χ1v) is 5.56. The van der Waals surface area contributed by atoms with Crippen LogP contribution in [0.3, 0.4) is 0 Å². The number of hydrogen-bond donors (Lipinski definition) is 2. The first-order valence-electron chi connectivity index (χ1n) is 4.68. The summed E-state index contributed by atoms with van der Waals surface area (Å²) in [4.78, 5) is 12.5. The van der Waals surface area contributed by atoms with E-state index in [2.05, 4.69) is 11.4 Å². The molecule has 1 aromatic rings. The molecule has 0 radical (unpaired) electrons. The summed E-state index contributed by atoms with van der Waals surface area (Å²) in [6, 6.07) is 3.80. The Kier molecular flexibility index (Phi) is 6.56. The molecule has 0 spiro atoms. The topological polar surface area (TPSA) is 55.1 Å². The number of halogens is 1. The van der Waals surface area contributed by atoms with E-state index >= 15 is 0 Å². The second-order valence-corrected chi connectivity index (χ2v) is 4.51. The Morgan fingerprint density at radius 2 is 2.27 bits per heavy atom. The number of nitrogens with two attached hydrogens (primary N) is 1. The van der Waals surface area contributed by atoms with Crippen molar-refractivity contribution in [2.75, 3.05) is 0 Å². The molecule has 0 aliphatic heterocycles. The van der Waals surface area contributed by atoms with Gasteiger partial charge in [-0.25, -0.2) is 0 Å². The number of thiophene rings is 1. The van der Waals surface area contributed by atoms with Crippen molar-refractivity contribution in [2.24, 2.45) is 5.73 Å². The molecule has 5 heteroatoms. The van der Waals surface area contributed by atoms with Gasteiger partial charge in [0, 0.05) is 17.3 Å². The summed E-state index contributed by atoms with van der Waals surface area (Å²) in [5.74, 6) is -0.0888. The Morgan fingerprint density at radius 1 is 1.60 bits per heavy atom. The first kappa shape index (κ1) is 14.4. The lowest BCUT2D eigenvalue weighted by Crippen LogP contribution is -2.43. The van der Waals surface area contributed by atoms with E-state index in [1.807, 2.05) is 18.4 Å². The second kappa shape index (κ2) is 6.82.